The summed E-state index contributed by atoms with van der Waals surface area (Å²) in [4.78, 5) is 0. The van der Waals surface area contributed by atoms with Crippen molar-refractivity contribution in [3.63, 3.8) is 0 Å². The van der Waals surface area contributed by atoms with Crippen molar-refractivity contribution in [3.8, 4) is 23.0 Å². The van der Waals surface area contributed by atoms with Crippen LogP contribution in [0.3, 0.4) is 0 Å². The van der Waals surface area contributed by atoms with E-state index >= 15 is 0 Å². The number of nitrogen functional groups attached to an aromatic ring is 3. The minimum absolute atomic E-state index is 0.291. The van der Waals surface area contributed by atoms with Gasteiger partial charge < -0.3 is 17.2 Å². The molecule has 6 nitrogen and oxygen atoms in total. The normalized spacial score (nSPS) is 10.3. The molecule has 0 saturated heterocycles. The smallest absolute Gasteiger partial charge is 0.145 e. The molecule has 0 aliphatic carbocycles. The van der Waals surface area contributed by atoms with Crippen molar-refractivity contribution in [3.05, 3.63) is 54.1 Å². The van der Waals surface area contributed by atoms with Gasteiger partial charge in [-0.3, -0.25) is 0 Å². The van der Waals surface area contributed by atoms with Crippen LogP contribution in [0.15, 0.2) is 48.5 Å². The molecule has 6 N–H and O–H groups in total. The average Bonchev–Trinajstić information content (AvgIpc) is 2.85. The van der Waals surface area contributed by atoms with Crippen LogP contribution in [0.1, 0.15) is 5.56 Å². The summed E-state index contributed by atoms with van der Waals surface area (Å²) in [5.41, 5.74) is 21.1. The summed E-state index contributed by atoms with van der Waals surface area (Å²) in [6, 6.07) is 16.4. The van der Waals surface area contributed by atoms with E-state index in [9.17, 15) is 5.26 Å². The second kappa shape index (κ2) is 5.14. The van der Waals surface area contributed by atoms with Gasteiger partial charge in [-0.25, -0.2) is 4.68 Å². The van der Waals surface area contributed by atoms with Gasteiger partial charge in [-0.15, -0.1) is 0 Å². The number of aromatic nitrogens is 2. The second-order valence-electron chi connectivity index (χ2n) is 4.85. The number of rotatable bonds is 2. The summed E-state index contributed by atoms with van der Waals surface area (Å²) in [5.74, 6) is 0.291. The minimum Gasteiger partial charge on any atom is -0.399 e. The van der Waals surface area contributed by atoms with Crippen molar-refractivity contribution in [1.82, 2.24) is 9.78 Å². The summed E-state index contributed by atoms with van der Waals surface area (Å²) < 4.78 is 1.53. The van der Waals surface area contributed by atoms with Crippen molar-refractivity contribution in [2.75, 3.05) is 17.2 Å². The van der Waals surface area contributed by atoms with E-state index in [-0.39, 0.29) is 0 Å². The molecule has 0 aliphatic heterocycles. The highest BCUT2D eigenvalue weighted by atomic mass is 15.3. The van der Waals surface area contributed by atoms with Gasteiger partial charge in [0.1, 0.15) is 23.1 Å². The lowest BCUT2D eigenvalue weighted by atomic mass is 10.1. The predicted octanol–water partition coefficient (Wildman–Crippen LogP) is 2.16. The number of nitrogens with two attached hydrogens (primary N) is 3. The Morgan fingerprint density at radius 1 is 0.864 bits per heavy atom. The van der Waals surface area contributed by atoms with Gasteiger partial charge in [0.15, 0.2) is 0 Å². The third kappa shape index (κ3) is 2.21. The summed E-state index contributed by atoms with van der Waals surface area (Å²) in [5, 5.41) is 13.9. The molecular formula is C16H14N6. The van der Waals surface area contributed by atoms with Crippen molar-refractivity contribution in [1.29, 1.82) is 5.26 Å². The Morgan fingerprint density at radius 2 is 1.41 bits per heavy atom. The fourth-order valence-electron chi connectivity index (χ4n) is 2.20. The van der Waals surface area contributed by atoms with Crippen LogP contribution in [0.4, 0.5) is 17.2 Å². The zero-order valence-corrected chi connectivity index (χ0v) is 11.7. The van der Waals surface area contributed by atoms with E-state index in [4.69, 9.17) is 17.2 Å². The topological polar surface area (TPSA) is 120 Å². The van der Waals surface area contributed by atoms with E-state index in [1.165, 1.54) is 4.68 Å². The maximum absolute atomic E-state index is 9.39. The van der Waals surface area contributed by atoms with Gasteiger partial charge in [-0.2, -0.15) is 10.4 Å². The lowest BCUT2D eigenvalue weighted by molar-refractivity contribution is 0.895. The van der Waals surface area contributed by atoms with Crippen LogP contribution >= 0.6 is 0 Å². The van der Waals surface area contributed by atoms with Gasteiger partial charge in [0.05, 0.1) is 5.69 Å². The molecule has 3 rings (SSSR count). The second-order valence-corrected chi connectivity index (χ2v) is 4.85. The van der Waals surface area contributed by atoms with Gasteiger partial charge in [0.2, 0.25) is 0 Å². The molecule has 22 heavy (non-hydrogen) atoms. The molecule has 0 aliphatic rings. The Kier molecular flexibility index (Phi) is 3.16. The largest absolute Gasteiger partial charge is 0.399 e. The average molecular weight is 290 g/mol. The molecule has 0 amide bonds. The number of nitriles is 1. The van der Waals surface area contributed by atoms with Gasteiger partial charge in [-0.05, 0) is 36.4 Å². The van der Waals surface area contributed by atoms with E-state index in [2.05, 4.69) is 11.2 Å². The SMILES string of the molecule is N#Cc1c(-c2ccc(N)cc2)nn(-c2ccc(N)cc2)c1N. The molecule has 108 valence electrons. The molecule has 0 bridgehead atoms. The highest BCUT2D eigenvalue weighted by Gasteiger charge is 2.17. The van der Waals surface area contributed by atoms with Crippen molar-refractivity contribution < 1.29 is 0 Å². The van der Waals surface area contributed by atoms with E-state index in [1.54, 1.807) is 36.4 Å². The summed E-state index contributed by atoms with van der Waals surface area (Å²) in [6.07, 6.45) is 0. The molecule has 0 atom stereocenters. The Bertz CT molecular complexity index is 853. The van der Waals surface area contributed by atoms with E-state index in [0.717, 1.165) is 11.3 Å². The summed E-state index contributed by atoms with van der Waals surface area (Å²) >= 11 is 0. The van der Waals surface area contributed by atoms with Crippen LogP contribution < -0.4 is 17.2 Å². The molecule has 6 heteroatoms. The molecule has 0 spiro atoms. The quantitative estimate of drug-likeness (QED) is 0.625. The fourth-order valence-corrected chi connectivity index (χ4v) is 2.20. The van der Waals surface area contributed by atoms with Crippen molar-refractivity contribution in [2.45, 2.75) is 0 Å². The molecule has 0 fully saturated rings. The first-order valence-corrected chi connectivity index (χ1v) is 6.60. The molecule has 0 radical (unpaired) electrons. The van der Waals surface area contributed by atoms with Crippen molar-refractivity contribution >= 4 is 17.2 Å². The van der Waals surface area contributed by atoms with Crippen LogP contribution in [0.2, 0.25) is 0 Å². The van der Waals surface area contributed by atoms with E-state index in [1.807, 2.05) is 12.1 Å². The van der Waals surface area contributed by atoms with E-state index < -0.39 is 0 Å². The Balaban J connectivity index is 2.17. The number of nitrogens with zero attached hydrogens (tertiary/aromatic N) is 3. The maximum atomic E-state index is 9.39. The van der Waals surface area contributed by atoms with Crippen LogP contribution in [0, 0.1) is 11.3 Å². The molecular weight excluding hydrogens is 276 g/mol. The Morgan fingerprint density at radius 3 is 1.95 bits per heavy atom. The number of anilines is 3. The van der Waals surface area contributed by atoms with Crippen molar-refractivity contribution in [2.24, 2.45) is 0 Å². The van der Waals surface area contributed by atoms with Crippen LogP contribution in [0.5, 0.6) is 0 Å². The third-order valence-electron chi connectivity index (χ3n) is 3.35. The molecule has 1 heterocycles. The fraction of sp³-hybridized carbons (Fsp3) is 0. The number of benzene rings is 2. The molecule has 0 unspecified atom stereocenters. The monoisotopic (exact) mass is 290 g/mol. The van der Waals surface area contributed by atoms with Crippen LogP contribution in [0.25, 0.3) is 16.9 Å². The minimum atomic E-state index is 0.291. The van der Waals surface area contributed by atoms with Gasteiger partial charge in [0, 0.05) is 16.9 Å². The van der Waals surface area contributed by atoms with Gasteiger partial charge in [-0.1, -0.05) is 12.1 Å². The lowest BCUT2D eigenvalue weighted by Gasteiger charge is -2.03. The van der Waals surface area contributed by atoms with Gasteiger partial charge >= 0.3 is 0 Å². The Labute approximate surface area is 127 Å². The highest BCUT2D eigenvalue weighted by Crippen LogP contribution is 2.29. The first kappa shape index (κ1) is 13.5. The van der Waals surface area contributed by atoms with Crippen LogP contribution in [-0.2, 0) is 0 Å². The zero-order valence-electron chi connectivity index (χ0n) is 11.7. The van der Waals surface area contributed by atoms with Gasteiger partial charge in [0.25, 0.3) is 0 Å². The van der Waals surface area contributed by atoms with E-state index in [0.29, 0.717) is 28.5 Å². The number of hydrogen-bond acceptors (Lipinski definition) is 5. The first-order chi connectivity index (χ1) is 10.6. The van der Waals surface area contributed by atoms with Crippen LogP contribution in [-0.4, -0.2) is 9.78 Å². The summed E-state index contributed by atoms with van der Waals surface area (Å²) in [6.45, 7) is 0. The molecule has 0 saturated carbocycles. The standard InChI is InChI=1S/C16H14N6/c17-9-14-15(10-1-3-11(18)4-2-10)21-22(16(14)20)13-7-5-12(19)6-8-13/h1-8H,18-20H2. The summed E-state index contributed by atoms with van der Waals surface area (Å²) in [7, 11) is 0. The molecule has 3 aromatic rings. The molecule has 2 aromatic carbocycles. The lowest BCUT2D eigenvalue weighted by Crippen LogP contribution is -2.02. The third-order valence-corrected chi connectivity index (χ3v) is 3.35. The maximum Gasteiger partial charge on any atom is 0.145 e. The highest BCUT2D eigenvalue weighted by molar-refractivity contribution is 5.74. The number of hydrogen-bond donors (Lipinski definition) is 3. The predicted molar refractivity (Wildman–Crippen MR) is 87.0 cm³/mol. The Hall–Kier alpha value is -3.46. The zero-order chi connectivity index (χ0) is 15.7. The first-order valence-electron chi connectivity index (χ1n) is 6.60. The molecule has 1 aromatic heterocycles.